The van der Waals surface area contributed by atoms with Crippen LogP contribution in [-0.4, -0.2) is 30.5 Å². The van der Waals surface area contributed by atoms with Crippen molar-refractivity contribution in [2.75, 3.05) is 19.5 Å². The molecule has 1 fully saturated rings. The summed E-state index contributed by atoms with van der Waals surface area (Å²) < 4.78 is 11.2. The van der Waals surface area contributed by atoms with Gasteiger partial charge in [0, 0.05) is 4.90 Å². The van der Waals surface area contributed by atoms with Crippen LogP contribution < -0.4 is 9.47 Å². The molecule has 1 aromatic carbocycles. The highest BCUT2D eigenvalue weighted by atomic mass is 32.2. The highest BCUT2D eigenvalue weighted by molar-refractivity contribution is 7.98. The Balaban J connectivity index is 2.14. The van der Waals surface area contributed by atoms with Gasteiger partial charge in [0.05, 0.1) is 5.41 Å². The lowest BCUT2D eigenvalue weighted by Gasteiger charge is -2.29. The first-order valence-electron chi connectivity index (χ1n) is 6.89. The number of thioether (sulfide) groups is 1. The molecule has 1 aliphatic carbocycles. The van der Waals surface area contributed by atoms with Crippen LogP contribution in [0, 0.1) is 0 Å². The molecule has 0 atom stereocenters. The molecule has 20 heavy (non-hydrogen) atoms. The lowest BCUT2D eigenvalue weighted by atomic mass is 9.78. The number of carboxylic acids is 1. The van der Waals surface area contributed by atoms with Gasteiger partial charge in [-0.15, -0.1) is 11.8 Å². The van der Waals surface area contributed by atoms with Gasteiger partial charge < -0.3 is 14.6 Å². The summed E-state index contributed by atoms with van der Waals surface area (Å²) in [7, 11) is 0. The van der Waals surface area contributed by atoms with Gasteiger partial charge in [0.15, 0.2) is 11.5 Å². The maximum atomic E-state index is 11.9. The molecule has 2 aliphatic rings. The van der Waals surface area contributed by atoms with Crippen molar-refractivity contribution in [2.45, 2.75) is 36.0 Å². The zero-order valence-electron chi connectivity index (χ0n) is 11.5. The molecule has 5 heteroatoms. The summed E-state index contributed by atoms with van der Waals surface area (Å²) in [6, 6.07) is 3.82. The van der Waals surface area contributed by atoms with E-state index in [2.05, 4.69) is 0 Å². The Morgan fingerprint density at radius 1 is 1.20 bits per heavy atom. The Morgan fingerprint density at radius 2 is 1.80 bits per heavy atom. The summed E-state index contributed by atoms with van der Waals surface area (Å²) in [5.74, 6) is 0.682. The lowest BCUT2D eigenvalue weighted by molar-refractivity contribution is -0.143. The van der Waals surface area contributed by atoms with Crippen molar-refractivity contribution in [3.8, 4) is 11.5 Å². The molecule has 1 heterocycles. The first-order chi connectivity index (χ1) is 9.67. The number of carboxylic acid groups (broad SMARTS) is 1. The van der Waals surface area contributed by atoms with E-state index >= 15 is 0 Å². The second-order valence-corrected chi connectivity index (χ2v) is 6.14. The van der Waals surface area contributed by atoms with E-state index in [1.165, 1.54) is 0 Å². The second-order valence-electron chi connectivity index (χ2n) is 5.29. The molecule has 1 aliphatic heterocycles. The van der Waals surface area contributed by atoms with Crippen LogP contribution in [0.5, 0.6) is 11.5 Å². The molecule has 0 bridgehead atoms. The van der Waals surface area contributed by atoms with Crippen LogP contribution in [0.4, 0.5) is 0 Å². The van der Waals surface area contributed by atoms with Crippen molar-refractivity contribution >= 4 is 17.7 Å². The standard InChI is InChI=1S/C15H18O4S/c1-20-13-9-12-11(18-6-7-19-12)8-10(13)15(14(16)17)4-2-3-5-15/h8-9H,2-7H2,1H3,(H,16,17). The zero-order chi connectivity index (χ0) is 14.2. The average Bonchev–Trinajstić information content (AvgIpc) is 2.96. The van der Waals surface area contributed by atoms with E-state index in [0.717, 1.165) is 29.1 Å². The lowest BCUT2D eigenvalue weighted by Crippen LogP contribution is -2.33. The number of aliphatic carboxylic acids is 1. The molecule has 4 nitrogen and oxygen atoms in total. The van der Waals surface area contributed by atoms with Gasteiger partial charge in [-0.3, -0.25) is 4.79 Å². The first-order valence-corrected chi connectivity index (χ1v) is 8.11. The Morgan fingerprint density at radius 3 is 2.35 bits per heavy atom. The number of hydrogen-bond donors (Lipinski definition) is 1. The molecule has 108 valence electrons. The van der Waals surface area contributed by atoms with E-state index < -0.39 is 11.4 Å². The van der Waals surface area contributed by atoms with Crippen LogP contribution in [0.15, 0.2) is 17.0 Å². The summed E-state index contributed by atoms with van der Waals surface area (Å²) in [5.41, 5.74) is 0.132. The van der Waals surface area contributed by atoms with Crippen molar-refractivity contribution in [3.05, 3.63) is 17.7 Å². The Labute approximate surface area is 122 Å². The molecule has 0 unspecified atom stereocenters. The van der Waals surface area contributed by atoms with E-state index in [1.807, 2.05) is 18.4 Å². The summed E-state index contributed by atoms with van der Waals surface area (Å²) in [5, 5.41) is 9.76. The third kappa shape index (κ3) is 2.04. The van der Waals surface area contributed by atoms with Gasteiger partial charge in [-0.1, -0.05) is 12.8 Å². The predicted molar refractivity (Wildman–Crippen MR) is 77.0 cm³/mol. The number of hydrogen-bond acceptors (Lipinski definition) is 4. The van der Waals surface area contributed by atoms with Gasteiger partial charge >= 0.3 is 5.97 Å². The van der Waals surface area contributed by atoms with Crippen LogP contribution in [0.2, 0.25) is 0 Å². The van der Waals surface area contributed by atoms with Crippen LogP contribution >= 0.6 is 11.8 Å². The minimum Gasteiger partial charge on any atom is -0.486 e. The van der Waals surface area contributed by atoms with Gasteiger partial charge in [0.25, 0.3) is 0 Å². The van der Waals surface area contributed by atoms with Crippen LogP contribution in [0.3, 0.4) is 0 Å². The topological polar surface area (TPSA) is 55.8 Å². The minimum atomic E-state index is -0.756. The fraction of sp³-hybridized carbons (Fsp3) is 0.533. The minimum absolute atomic E-state index is 0.519. The average molecular weight is 294 g/mol. The molecule has 0 aromatic heterocycles. The predicted octanol–water partition coefficient (Wildman–Crippen LogP) is 3.08. The summed E-state index contributed by atoms with van der Waals surface area (Å²) >= 11 is 1.57. The third-order valence-electron chi connectivity index (χ3n) is 4.25. The van der Waals surface area contributed by atoms with E-state index in [4.69, 9.17) is 9.47 Å². The third-order valence-corrected chi connectivity index (χ3v) is 5.02. The Bertz CT molecular complexity index is 535. The zero-order valence-corrected chi connectivity index (χ0v) is 12.3. The van der Waals surface area contributed by atoms with Gasteiger partial charge in [-0.2, -0.15) is 0 Å². The number of rotatable bonds is 3. The molecule has 1 saturated carbocycles. The maximum Gasteiger partial charge on any atom is 0.314 e. The van der Waals surface area contributed by atoms with Crippen LogP contribution in [-0.2, 0) is 10.2 Å². The molecule has 3 rings (SSSR count). The van der Waals surface area contributed by atoms with Gasteiger partial charge in [-0.05, 0) is 36.8 Å². The van der Waals surface area contributed by atoms with Crippen molar-refractivity contribution in [1.29, 1.82) is 0 Å². The fourth-order valence-corrected chi connectivity index (χ4v) is 3.89. The van der Waals surface area contributed by atoms with E-state index in [-0.39, 0.29) is 0 Å². The highest BCUT2D eigenvalue weighted by Crippen LogP contribution is 2.48. The summed E-state index contributed by atoms with van der Waals surface area (Å²) in [6.07, 6.45) is 5.31. The molecule has 0 spiro atoms. The normalized spacial score (nSPS) is 19.9. The van der Waals surface area contributed by atoms with Crippen LogP contribution in [0.25, 0.3) is 0 Å². The number of ether oxygens (including phenoxy) is 2. The maximum absolute atomic E-state index is 11.9. The van der Waals surface area contributed by atoms with Crippen molar-refractivity contribution in [3.63, 3.8) is 0 Å². The monoisotopic (exact) mass is 294 g/mol. The molecule has 1 aromatic rings. The van der Waals surface area contributed by atoms with Gasteiger partial charge in [0.2, 0.25) is 0 Å². The van der Waals surface area contributed by atoms with E-state index in [1.54, 1.807) is 11.8 Å². The van der Waals surface area contributed by atoms with Gasteiger partial charge in [-0.25, -0.2) is 0 Å². The summed E-state index contributed by atoms with van der Waals surface area (Å²) in [4.78, 5) is 12.9. The van der Waals surface area contributed by atoms with E-state index in [0.29, 0.717) is 31.8 Å². The first kappa shape index (κ1) is 13.6. The number of benzene rings is 1. The fourth-order valence-electron chi connectivity index (χ4n) is 3.19. The highest BCUT2D eigenvalue weighted by Gasteiger charge is 2.45. The largest absolute Gasteiger partial charge is 0.486 e. The SMILES string of the molecule is CSc1cc2c(cc1C1(C(=O)O)CCCC1)OCCO2. The second kappa shape index (κ2) is 5.20. The van der Waals surface area contributed by atoms with Crippen molar-refractivity contribution in [1.82, 2.24) is 0 Å². The molecular formula is C15H18O4S. The molecule has 1 N–H and O–H groups in total. The Hall–Kier alpha value is -1.36. The van der Waals surface area contributed by atoms with Gasteiger partial charge in [0.1, 0.15) is 13.2 Å². The summed E-state index contributed by atoms with van der Waals surface area (Å²) in [6.45, 7) is 1.06. The van der Waals surface area contributed by atoms with E-state index in [9.17, 15) is 9.90 Å². The van der Waals surface area contributed by atoms with Crippen LogP contribution in [0.1, 0.15) is 31.2 Å². The number of carbonyl (C=O) groups is 1. The quantitative estimate of drug-likeness (QED) is 0.868. The Kier molecular flexibility index (Phi) is 3.54. The smallest absolute Gasteiger partial charge is 0.314 e. The molecule has 0 radical (unpaired) electrons. The molecular weight excluding hydrogens is 276 g/mol. The molecule has 0 saturated heterocycles. The molecule has 0 amide bonds. The van der Waals surface area contributed by atoms with Crippen molar-refractivity contribution in [2.24, 2.45) is 0 Å². The van der Waals surface area contributed by atoms with Crippen molar-refractivity contribution < 1.29 is 19.4 Å². The number of fused-ring (bicyclic) bond motifs is 1.